The van der Waals surface area contributed by atoms with E-state index < -0.39 is 0 Å². The van der Waals surface area contributed by atoms with E-state index in [1.807, 2.05) is 0 Å². The summed E-state index contributed by atoms with van der Waals surface area (Å²) in [4.78, 5) is 20.6. The Balaban J connectivity index is 0.00000320. The number of aliphatic imine (C=N–C) groups is 1. The summed E-state index contributed by atoms with van der Waals surface area (Å²) in [5, 5.41) is 3.37. The third-order valence-corrected chi connectivity index (χ3v) is 4.75. The van der Waals surface area contributed by atoms with E-state index in [1.54, 1.807) is 36.2 Å². The van der Waals surface area contributed by atoms with Crippen molar-refractivity contribution in [2.45, 2.75) is 12.8 Å². The Kier molecular flexibility index (Phi) is 9.92. The van der Waals surface area contributed by atoms with Crippen molar-refractivity contribution in [2.75, 3.05) is 46.4 Å². The third-order valence-electron chi connectivity index (χ3n) is 4.75. The zero-order chi connectivity index (χ0) is 20.5. The van der Waals surface area contributed by atoms with Gasteiger partial charge in [0.25, 0.3) is 5.91 Å². The lowest BCUT2D eigenvalue weighted by molar-refractivity contribution is 0.0657. The first-order chi connectivity index (χ1) is 14.2. The van der Waals surface area contributed by atoms with Crippen molar-refractivity contribution in [2.24, 2.45) is 4.99 Å². The van der Waals surface area contributed by atoms with Crippen LogP contribution >= 0.6 is 24.0 Å². The average molecular weight is 530 g/mol. The zero-order valence-corrected chi connectivity index (χ0v) is 19.4. The number of nitrogens with one attached hydrogen (secondary N) is 1. The third kappa shape index (κ3) is 6.89. The summed E-state index contributed by atoms with van der Waals surface area (Å²) in [5.74, 6) is 1.56. The van der Waals surface area contributed by atoms with E-state index in [9.17, 15) is 9.18 Å². The zero-order valence-electron chi connectivity index (χ0n) is 17.1. The molecule has 0 unspecified atom stereocenters. The van der Waals surface area contributed by atoms with Gasteiger partial charge in [-0.3, -0.25) is 9.79 Å². The molecule has 30 heavy (non-hydrogen) atoms. The molecule has 0 aliphatic carbocycles. The minimum Gasteiger partial charge on any atom is -0.494 e. The number of hydrogen-bond acceptors (Lipinski definition) is 4. The van der Waals surface area contributed by atoms with E-state index in [0.29, 0.717) is 31.2 Å². The minimum atomic E-state index is -0.265. The Morgan fingerprint density at radius 3 is 2.47 bits per heavy atom. The van der Waals surface area contributed by atoms with Gasteiger partial charge < -0.3 is 24.3 Å². The summed E-state index contributed by atoms with van der Waals surface area (Å²) in [5.41, 5.74) is 0. The summed E-state index contributed by atoms with van der Waals surface area (Å²) in [7, 11) is 1.76. The molecule has 1 aliphatic heterocycles. The van der Waals surface area contributed by atoms with Crippen molar-refractivity contribution in [1.29, 1.82) is 0 Å². The molecule has 1 amide bonds. The lowest BCUT2D eigenvalue weighted by Gasteiger charge is -2.36. The summed E-state index contributed by atoms with van der Waals surface area (Å²) >= 11 is 0. The predicted octanol–water partition coefficient (Wildman–Crippen LogP) is 3.23. The Morgan fingerprint density at radius 2 is 1.83 bits per heavy atom. The second-order valence-electron chi connectivity index (χ2n) is 6.74. The van der Waals surface area contributed by atoms with Crippen LogP contribution in [0.1, 0.15) is 23.4 Å². The molecule has 164 valence electrons. The molecular formula is C21H28FIN4O3. The molecule has 0 radical (unpaired) electrons. The maximum atomic E-state index is 12.9. The van der Waals surface area contributed by atoms with Gasteiger partial charge >= 0.3 is 0 Å². The normalized spacial score (nSPS) is 14.3. The minimum absolute atomic E-state index is 0. The lowest BCUT2D eigenvalue weighted by Crippen LogP contribution is -2.53. The van der Waals surface area contributed by atoms with Crippen LogP contribution in [0.25, 0.3) is 0 Å². The first-order valence-electron chi connectivity index (χ1n) is 9.84. The molecule has 1 N–H and O–H groups in total. The maximum Gasteiger partial charge on any atom is 0.289 e. The highest BCUT2D eigenvalue weighted by Gasteiger charge is 2.24. The largest absolute Gasteiger partial charge is 0.494 e. The molecule has 3 rings (SSSR count). The summed E-state index contributed by atoms with van der Waals surface area (Å²) in [6, 6.07) is 9.46. The van der Waals surface area contributed by atoms with Crippen LogP contribution in [0.4, 0.5) is 4.39 Å². The van der Waals surface area contributed by atoms with Gasteiger partial charge in [0.05, 0.1) is 12.9 Å². The number of ether oxygens (including phenoxy) is 1. The van der Waals surface area contributed by atoms with Gasteiger partial charge in [0.2, 0.25) is 0 Å². The number of benzene rings is 1. The lowest BCUT2D eigenvalue weighted by atomic mass is 10.3. The maximum absolute atomic E-state index is 12.9. The van der Waals surface area contributed by atoms with Crippen LogP contribution in [0.3, 0.4) is 0 Å². The van der Waals surface area contributed by atoms with Crippen molar-refractivity contribution in [1.82, 2.24) is 15.1 Å². The van der Waals surface area contributed by atoms with Crippen LogP contribution in [0.5, 0.6) is 5.75 Å². The Hall–Kier alpha value is -2.30. The van der Waals surface area contributed by atoms with Crippen LogP contribution in [0.15, 0.2) is 52.1 Å². The monoisotopic (exact) mass is 530 g/mol. The van der Waals surface area contributed by atoms with E-state index >= 15 is 0 Å². The Labute approximate surface area is 193 Å². The SMILES string of the molecule is CN=C(NCCCCOc1ccc(F)cc1)N1CCN(C(=O)c2ccco2)CC1.I. The molecule has 1 aromatic carbocycles. The van der Waals surface area contributed by atoms with E-state index in [0.717, 1.165) is 38.4 Å². The second kappa shape index (κ2) is 12.4. The fourth-order valence-electron chi connectivity index (χ4n) is 3.16. The highest BCUT2D eigenvalue weighted by molar-refractivity contribution is 14.0. The molecule has 2 heterocycles. The quantitative estimate of drug-likeness (QED) is 0.258. The van der Waals surface area contributed by atoms with Crippen LogP contribution in [0.2, 0.25) is 0 Å². The number of piperazine rings is 1. The number of halogens is 2. The van der Waals surface area contributed by atoms with Gasteiger partial charge in [-0.15, -0.1) is 24.0 Å². The fourth-order valence-corrected chi connectivity index (χ4v) is 3.16. The number of furan rings is 1. The molecule has 0 spiro atoms. The first kappa shape index (κ1) is 24.0. The van der Waals surface area contributed by atoms with Crippen LogP contribution in [-0.4, -0.2) is 68.0 Å². The number of nitrogens with zero attached hydrogens (tertiary/aromatic N) is 3. The number of carbonyl (C=O) groups excluding carboxylic acids is 1. The van der Waals surface area contributed by atoms with E-state index in [4.69, 9.17) is 9.15 Å². The van der Waals surface area contributed by atoms with Gasteiger partial charge in [0, 0.05) is 39.8 Å². The molecule has 0 atom stereocenters. The smallest absolute Gasteiger partial charge is 0.289 e. The van der Waals surface area contributed by atoms with Gasteiger partial charge in [0.15, 0.2) is 11.7 Å². The molecule has 9 heteroatoms. The van der Waals surface area contributed by atoms with Gasteiger partial charge in [-0.25, -0.2) is 4.39 Å². The molecular weight excluding hydrogens is 502 g/mol. The number of rotatable bonds is 7. The number of unbranched alkanes of at least 4 members (excludes halogenated alkanes) is 1. The van der Waals surface area contributed by atoms with Crippen molar-refractivity contribution in [3.8, 4) is 5.75 Å². The topological polar surface area (TPSA) is 70.3 Å². The summed E-state index contributed by atoms with van der Waals surface area (Å²) in [6.07, 6.45) is 3.32. The van der Waals surface area contributed by atoms with Gasteiger partial charge in [-0.1, -0.05) is 0 Å². The first-order valence-corrected chi connectivity index (χ1v) is 9.84. The number of guanidine groups is 1. The molecule has 1 fully saturated rings. The van der Waals surface area contributed by atoms with Crippen LogP contribution < -0.4 is 10.1 Å². The van der Waals surface area contributed by atoms with E-state index in [2.05, 4.69) is 15.2 Å². The highest BCUT2D eigenvalue weighted by atomic mass is 127. The summed E-state index contributed by atoms with van der Waals surface area (Å²) in [6.45, 7) is 4.07. The van der Waals surface area contributed by atoms with Crippen LogP contribution in [-0.2, 0) is 0 Å². The van der Waals surface area contributed by atoms with Crippen molar-refractivity contribution in [3.05, 3.63) is 54.2 Å². The molecule has 0 bridgehead atoms. The second-order valence-corrected chi connectivity index (χ2v) is 6.74. The molecule has 2 aromatic rings. The molecule has 7 nitrogen and oxygen atoms in total. The van der Waals surface area contributed by atoms with Crippen molar-refractivity contribution < 1.29 is 18.3 Å². The highest BCUT2D eigenvalue weighted by Crippen LogP contribution is 2.12. The van der Waals surface area contributed by atoms with E-state index in [1.165, 1.54) is 18.4 Å². The van der Waals surface area contributed by atoms with Gasteiger partial charge in [-0.05, 0) is 49.2 Å². The molecule has 1 saturated heterocycles. The van der Waals surface area contributed by atoms with Gasteiger partial charge in [0.1, 0.15) is 11.6 Å². The van der Waals surface area contributed by atoms with Gasteiger partial charge in [-0.2, -0.15) is 0 Å². The van der Waals surface area contributed by atoms with Crippen molar-refractivity contribution >= 4 is 35.8 Å². The molecule has 1 aromatic heterocycles. The van der Waals surface area contributed by atoms with E-state index in [-0.39, 0.29) is 35.7 Å². The molecule has 0 saturated carbocycles. The summed E-state index contributed by atoms with van der Waals surface area (Å²) < 4.78 is 23.7. The van der Waals surface area contributed by atoms with Crippen molar-refractivity contribution in [3.63, 3.8) is 0 Å². The number of amides is 1. The van der Waals surface area contributed by atoms with Crippen LogP contribution in [0, 0.1) is 5.82 Å². The Bertz CT molecular complexity index is 791. The number of carbonyl (C=O) groups is 1. The fraction of sp³-hybridized carbons (Fsp3) is 0.429. The Morgan fingerprint density at radius 1 is 1.13 bits per heavy atom. The average Bonchev–Trinajstić information content (AvgIpc) is 3.29. The predicted molar refractivity (Wildman–Crippen MR) is 124 cm³/mol. The number of hydrogen-bond donors (Lipinski definition) is 1. The standard InChI is InChI=1S/C21H27FN4O3.HI/c1-23-21(24-10-2-3-15-28-18-8-6-17(22)7-9-18)26-13-11-25(12-14-26)20(27)19-5-4-16-29-19;/h4-9,16H,2-3,10-15H2,1H3,(H,23,24);1H. The molecule has 1 aliphatic rings.